The summed E-state index contributed by atoms with van der Waals surface area (Å²) in [7, 11) is 0. The minimum Gasteiger partial charge on any atom is -0.453 e. The lowest BCUT2D eigenvalue weighted by atomic mass is 10.0. The molecular formula is C22H21BrN2O. The number of piperazine rings is 1. The van der Waals surface area contributed by atoms with Crippen LogP contribution >= 0.6 is 15.9 Å². The summed E-state index contributed by atoms with van der Waals surface area (Å²) in [5.41, 5.74) is 5.71. The van der Waals surface area contributed by atoms with Gasteiger partial charge >= 0.3 is 0 Å². The highest BCUT2D eigenvalue weighted by molar-refractivity contribution is 9.10. The van der Waals surface area contributed by atoms with Gasteiger partial charge in [0.2, 0.25) is 0 Å². The molecule has 0 unspecified atom stereocenters. The van der Waals surface area contributed by atoms with Crippen LogP contribution in [-0.4, -0.2) is 36.0 Å². The monoisotopic (exact) mass is 408 g/mol. The van der Waals surface area contributed by atoms with E-state index >= 15 is 0 Å². The van der Waals surface area contributed by atoms with Crippen LogP contribution in [0, 0.1) is 0 Å². The van der Waals surface area contributed by atoms with Crippen LogP contribution in [0.1, 0.15) is 22.9 Å². The molecule has 1 fully saturated rings. The summed E-state index contributed by atoms with van der Waals surface area (Å²) in [5, 5.41) is 0. The van der Waals surface area contributed by atoms with Gasteiger partial charge < -0.3 is 4.42 Å². The predicted octanol–water partition coefficient (Wildman–Crippen LogP) is 4.93. The normalized spacial score (nSPS) is 18.0. The smallest absolute Gasteiger partial charge is 0.169 e. The largest absolute Gasteiger partial charge is 0.453 e. The van der Waals surface area contributed by atoms with Crippen molar-refractivity contribution in [3.8, 4) is 11.1 Å². The minimum absolute atomic E-state index is 0.391. The molecule has 0 radical (unpaired) electrons. The van der Waals surface area contributed by atoms with E-state index in [0.29, 0.717) is 6.04 Å². The second-order valence-electron chi connectivity index (χ2n) is 7.09. The molecule has 1 aliphatic carbocycles. The number of furan rings is 1. The van der Waals surface area contributed by atoms with Gasteiger partial charge in [-0.2, -0.15) is 0 Å². The van der Waals surface area contributed by atoms with E-state index < -0.39 is 0 Å². The van der Waals surface area contributed by atoms with Crippen molar-refractivity contribution in [2.75, 3.05) is 26.2 Å². The van der Waals surface area contributed by atoms with Crippen molar-refractivity contribution in [3.05, 3.63) is 82.2 Å². The summed E-state index contributed by atoms with van der Waals surface area (Å²) in [6.07, 6.45) is 0. The Morgan fingerprint density at radius 3 is 2.00 bits per heavy atom. The van der Waals surface area contributed by atoms with Crippen LogP contribution in [0.4, 0.5) is 0 Å². The summed E-state index contributed by atoms with van der Waals surface area (Å²) in [6, 6.07) is 22.2. The van der Waals surface area contributed by atoms with Gasteiger partial charge in [-0.1, -0.05) is 48.5 Å². The molecule has 0 N–H and O–H groups in total. The van der Waals surface area contributed by atoms with Gasteiger partial charge in [0.1, 0.15) is 5.76 Å². The lowest BCUT2D eigenvalue weighted by Gasteiger charge is -2.38. The molecular weight excluding hydrogens is 388 g/mol. The first-order chi connectivity index (χ1) is 12.8. The Bertz CT molecular complexity index is 882. The molecule has 2 aromatic carbocycles. The molecule has 3 aromatic rings. The van der Waals surface area contributed by atoms with Crippen LogP contribution in [0.5, 0.6) is 0 Å². The van der Waals surface area contributed by atoms with Gasteiger partial charge in [0.05, 0.1) is 12.6 Å². The maximum atomic E-state index is 5.67. The third kappa shape index (κ3) is 2.82. The fraction of sp³-hybridized carbons (Fsp3) is 0.273. The van der Waals surface area contributed by atoms with Crippen molar-refractivity contribution in [1.29, 1.82) is 0 Å². The van der Waals surface area contributed by atoms with Gasteiger partial charge in [-0.3, -0.25) is 9.80 Å². The number of hydrogen-bond acceptors (Lipinski definition) is 3. The number of rotatable bonds is 3. The lowest BCUT2D eigenvalue weighted by Crippen LogP contribution is -2.47. The number of hydrogen-bond donors (Lipinski definition) is 0. The highest BCUT2D eigenvalue weighted by atomic mass is 79.9. The molecule has 1 aliphatic heterocycles. The average molecular weight is 409 g/mol. The van der Waals surface area contributed by atoms with Crippen LogP contribution in [0.2, 0.25) is 0 Å². The maximum Gasteiger partial charge on any atom is 0.169 e. The van der Waals surface area contributed by atoms with Crippen molar-refractivity contribution in [2.45, 2.75) is 12.6 Å². The number of benzene rings is 2. The van der Waals surface area contributed by atoms with E-state index in [4.69, 9.17) is 4.42 Å². The highest BCUT2D eigenvalue weighted by Crippen LogP contribution is 2.46. The summed E-state index contributed by atoms with van der Waals surface area (Å²) in [6.45, 7) is 5.18. The number of halogens is 1. The molecule has 132 valence electrons. The summed E-state index contributed by atoms with van der Waals surface area (Å²) < 4.78 is 6.48. The first kappa shape index (κ1) is 16.3. The van der Waals surface area contributed by atoms with Crippen LogP contribution in [0.3, 0.4) is 0 Å². The second kappa shape index (κ2) is 6.69. The molecule has 2 aliphatic rings. The Morgan fingerprint density at radius 1 is 0.808 bits per heavy atom. The Balaban J connectivity index is 1.35. The van der Waals surface area contributed by atoms with Crippen molar-refractivity contribution in [1.82, 2.24) is 9.80 Å². The SMILES string of the molecule is Brc1ccc(CN2CCN(C3c4ccccc4-c4ccccc43)CC2)o1. The summed E-state index contributed by atoms with van der Waals surface area (Å²) >= 11 is 3.39. The highest BCUT2D eigenvalue weighted by Gasteiger charge is 2.34. The molecule has 0 spiro atoms. The quantitative estimate of drug-likeness (QED) is 0.612. The molecule has 0 bridgehead atoms. The van der Waals surface area contributed by atoms with E-state index in [1.165, 1.54) is 22.3 Å². The van der Waals surface area contributed by atoms with E-state index in [2.05, 4.69) is 80.3 Å². The third-order valence-electron chi connectivity index (χ3n) is 5.58. The van der Waals surface area contributed by atoms with Gasteiger partial charge in [-0.25, -0.2) is 0 Å². The van der Waals surface area contributed by atoms with Gasteiger partial charge in [-0.15, -0.1) is 0 Å². The van der Waals surface area contributed by atoms with Crippen LogP contribution in [0.15, 0.2) is 69.8 Å². The third-order valence-corrected chi connectivity index (χ3v) is 6.01. The zero-order chi connectivity index (χ0) is 17.5. The predicted molar refractivity (Wildman–Crippen MR) is 107 cm³/mol. The second-order valence-corrected chi connectivity index (χ2v) is 7.88. The zero-order valence-corrected chi connectivity index (χ0v) is 16.2. The fourth-order valence-corrected chi connectivity index (χ4v) is 4.70. The van der Waals surface area contributed by atoms with Crippen LogP contribution < -0.4 is 0 Å². The summed E-state index contributed by atoms with van der Waals surface area (Å²) in [4.78, 5) is 5.12. The van der Waals surface area contributed by atoms with Crippen molar-refractivity contribution >= 4 is 15.9 Å². The first-order valence-electron chi connectivity index (χ1n) is 9.18. The molecule has 26 heavy (non-hydrogen) atoms. The molecule has 0 atom stereocenters. The molecule has 4 heteroatoms. The number of nitrogens with zero attached hydrogens (tertiary/aromatic N) is 2. The van der Waals surface area contributed by atoms with E-state index in [-0.39, 0.29) is 0 Å². The van der Waals surface area contributed by atoms with E-state index in [1.54, 1.807) is 0 Å². The fourth-order valence-electron chi connectivity index (χ4n) is 4.36. The standard InChI is InChI=1S/C22H21BrN2O/c23-21-10-9-16(26-21)15-24-11-13-25(14-12-24)22-19-7-3-1-5-17(19)18-6-2-4-8-20(18)22/h1-10,22H,11-15H2. The van der Waals surface area contributed by atoms with E-state index in [1.807, 2.05) is 6.07 Å². The molecule has 0 saturated carbocycles. The van der Waals surface area contributed by atoms with Gasteiger partial charge in [0, 0.05) is 26.2 Å². The molecule has 1 saturated heterocycles. The van der Waals surface area contributed by atoms with Crippen molar-refractivity contribution < 1.29 is 4.42 Å². The maximum absolute atomic E-state index is 5.67. The first-order valence-corrected chi connectivity index (χ1v) is 9.98. The molecule has 2 heterocycles. The van der Waals surface area contributed by atoms with Gasteiger partial charge in [-0.05, 0) is 50.3 Å². The number of fused-ring (bicyclic) bond motifs is 3. The lowest BCUT2D eigenvalue weighted by molar-refractivity contribution is 0.101. The zero-order valence-electron chi connectivity index (χ0n) is 14.6. The Morgan fingerprint density at radius 2 is 1.42 bits per heavy atom. The van der Waals surface area contributed by atoms with E-state index in [9.17, 15) is 0 Å². The average Bonchev–Trinajstić information content (AvgIpc) is 3.23. The van der Waals surface area contributed by atoms with Crippen molar-refractivity contribution in [2.24, 2.45) is 0 Å². The Labute approximate surface area is 162 Å². The van der Waals surface area contributed by atoms with Crippen LogP contribution in [-0.2, 0) is 6.54 Å². The van der Waals surface area contributed by atoms with Crippen molar-refractivity contribution in [3.63, 3.8) is 0 Å². The van der Waals surface area contributed by atoms with Crippen LogP contribution in [0.25, 0.3) is 11.1 Å². The Hall–Kier alpha value is -1.88. The topological polar surface area (TPSA) is 19.6 Å². The van der Waals surface area contributed by atoms with Gasteiger partial charge in [0.25, 0.3) is 0 Å². The van der Waals surface area contributed by atoms with E-state index in [0.717, 1.165) is 43.2 Å². The Kier molecular flexibility index (Phi) is 4.20. The molecule has 3 nitrogen and oxygen atoms in total. The molecule has 1 aromatic heterocycles. The molecule has 0 amide bonds. The molecule has 5 rings (SSSR count). The summed E-state index contributed by atoms with van der Waals surface area (Å²) in [5.74, 6) is 1.03. The minimum atomic E-state index is 0.391. The van der Waals surface area contributed by atoms with Gasteiger partial charge in [0.15, 0.2) is 4.67 Å².